The summed E-state index contributed by atoms with van der Waals surface area (Å²) in [7, 11) is 3.53. The molecule has 1 aliphatic heterocycles. The SMILES string of the molecule is CN(C)C(=O)c1ccccc1COC1CCC(/C(O)=C/C2c3ccccc3-c3cncn32)CC1. The maximum atomic E-state index is 12.4. The predicted molar refractivity (Wildman–Crippen MR) is 132 cm³/mol. The minimum absolute atomic E-state index is 0.00694. The minimum atomic E-state index is -0.0200. The Hall–Kier alpha value is -3.38. The maximum absolute atomic E-state index is 12.4. The number of allylic oxidation sites excluding steroid dienone is 2. The molecule has 2 aromatic carbocycles. The minimum Gasteiger partial charge on any atom is -0.512 e. The Labute approximate surface area is 200 Å². The highest BCUT2D eigenvalue weighted by atomic mass is 16.5. The zero-order chi connectivity index (χ0) is 23.7. The van der Waals surface area contributed by atoms with Gasteiger partial charge in [-0.1, -0.05) is 42.5 Å². The van der Waals surface area contributed by atoms with Crippen molar-refractivity contribution in [2.75, 3.05) is 14.1 Å². The Balaban J connectivity index is 1.21. The average Bonchev–Trinajstić information content (AvgIpc) is 3.45. The van der Waals surface area contributed by atoms with E-state index in [2.05, 4.69) is 21.7 Å². The highest BCUT2D eigenvalue weighted by molar-refractivity contribution is 5.95. The number of benzene rings is 2. The Morgan fingerprint density at radius 1 is 1.12 bits per heavy atom. The van der Waals surface area contributed by atoms with Crippen molar-refractivity contribution < 1.29 is 14.6 Å². The van der Waals surface area contributed by atoms with Gasteiger partial charge in [-0.05, 0) is 49.0 Å². The first kappa shape index (κ1) is 22.4. The van der Waals surface area contributed by atoms with E-state index in [0.29, 0.717) is 17.9 Å². The smallest absolute Gasteiger partial charge is 0.253 e. The van der Waals surface area contributed by atoms with Crippen molar-refractivity contribution in [3.05, 3.63) is 89.6 Å². The van der Waals surface area contributed by atoms with Gasteiger partial charge in [0.05, 0.1) is 42.7 Å². The largest absolute Gasteiger partial charge is 0.512 e. The Bertz CT molecular complexity index is 1200. The number of imidazole rings is 1. The lowest BCUT2D eigenvalue weighted by atomic mass is 9.85. The lowest BCUT2D eigenvalue weighted by Crippen LogP contribution is -2.25. The number of aliphatic hydroxyl groups excluding tert-OH is 1. The van der Waals surface area contributed by atoms with E-state index in [0.717, 1.165) is 36.9 Å². The molecule has 1 atom stereocenters. The van der Waals surface area contributed by atoms with E-state index < -0.39 is 0 Å². The molecular formula is C28H31N3O3. The molecule has 0 radical (unpaired) electrons. The van der Waals surface area contributed by atoms with Gasteiger partial charge in [-0.25, -0.2) is 4.98 Å². The van der Waals surface area contributed by atoms with Crippen LogP contribution < -0.4 is 0 Å². The van der Waals surface area contributed by atoms with E-state index in [-0.39, 0.29) is 24.0 Å². The van der Waals surface area contributed by atoms with Crippen LogP contribution in [0.25, 0.3) is 11.3 Å². The van der Waals surface area contributed by atoms with Gasteiger partial charge in [0.1, 0.15) is 0 Å². The molecule has 1 amide bonds. The summed E-state index contributed by atoms with van der Waals surface area (Å²) in [5, 5.41) is 11.0. The first-order valence-corrected chi connectivity index (χ1v) is 12.0. The van der Waals surface area contributed by atoms with Crippen molar-refractivity contribution in [3.8, 4) is 11.3 Å². The van der Waals surface area contributed by atoms with Crippen LogP contribution in [0.5, 0.6) is 0 Å². The van der Waals surface area contributed by atoms with Crippen LogP contribution in [0.2, 0.25) is 0 Å². The molecule has 1 saturated carbocycles. The van der Waals surface area contributed by atoms with Crippen LogP contribution in [0, 0.1) is 5.92 Å². The van der Waals surface area contributed by atoms with Gasteiger partial charge in [0.2, 0.25) is 0 Å². The number of carbonyl (C=O) groups excluding carboxylic acids is 1. The molecule has 1 unspecified atom stereocenters. The zero-order valence-corrected chi connectivity index (χ0v) is 19.7. The number of aromatic nitrogens is 2. The fraction of sp³-hybridized carbons (Fsp3) is 0.357. The van der Waals surface area contributed by atoms with E-state index in [1.165, 1.54) is 11.1 Å². The number of amides is 1. The van der Waals surface area contributed by atoms with Gasteiger partial charge >= 0.3 is 0 Å². The topological polar surface area (TPSA) is 67.6 Å². The molecule has 6 nitrogen and oxygen atoms in total. The first-order valence-electron chi connectivity index (χ1n) is 12.0. The molecule has 6 heteroatoms. The van der Waals surface area contributed by atoms with Crippen LogP contribution >= 0.6 is 0 Å². The van der Waals surface area contributed by atoms with Gasteiger partial charge in [0.25, 0.3) is 5.91 Å². The third kappa shape index (κ3) is 4.26. The van der Waals surface area contributed by atoms with Crippen molar-refractivity contribution in [2.45, 2.75) is 44.4 Å². The number of hydrogen-bond donors (Lipinski definition) is 1. The number of nitrogens with zero attached hydrogens (tertiary/aromatic N) is 3. The second-order valence-corrected chi connectivity index (χ2v) is 9.45. The summed E-state index contributed by atoms with van der Waals surface area (Å²) in [5.41, 5.74) is 5.09. The lowest BCUT2D eigenvalue weighted by Gasteiger charge is -2.29. The molecular weight excluding hydrogens is 426 g/mol. The zero-order valence-electron chi connectivity index (χ0n) is 19.7. The predicted octanol–water partition coefficient (Wildman–Crippen LogP) is 5.37. The Morgan fingerprint density at radius 3 is 2.65 bits per heavy atom. The monoisotopic (exact) mass is 457 g/mol. The second kappa shape index (κ2) is 9.47. The fourth-order valence-corrected chi connectivity index (χ4v) is 5.17. The fourth-order valence-electron chi connectivity index (χ4n) is 5.17. The molecule has 0 spiro atoms. The maximum Gasteiger partial charge on any atom is 0.253 e. The molecule has 0 bridgehead atoms. The Morgan fingerprint density at radius 2 is 1.85 bits per heavy atom. The Kier molecular flexibility index (Phi) is 6.24. The van der Waals surface area contributed by atoms with Crippen LogP contribution in [-0.2, 0) is 11.3 Å². The third-order valence-electron chi connectivity index (χ3n) is 7.07. The van der Waals surface area contributed by atoms with Crippen LogP contribution in [0.15, 0.2) is 72.9 Å². The summed E-state index contributed by atoms with van der Waals surface area (Å²) in [6.45, 7) is 0.426. The molecule has 1 fully saturated rings. The average molecular weight is 458 g/mol. The summed E-state index contributed by atoms with van der Waals surface area (Å²) in [5.74, 6) is 0.594. The summed E-state index contributed by atoms with van der Waals surface area (Å²) in [6.07, 6.45) is 9.41. The van der Waals surface area contributed by atoms with Gasteiger partial charge in [-0.15, -0.1) is 0 Å². The van der Waals surface area contributed by atoms with Crippen molar-refractivity contribution in [2.24, 2.45) is 5.92 Å². The van der Waals surface area contributed by atoms with E-state index >= 15 is 0 Å². The molecule has 1 N–H and O–H groups in total. The number of ether oxygens (including phenoxy) is 1. The third-order valence-corrected chi connectivity index (χ3v) is 7.07. The summed E-state index contributed by atoms with van der Waals surface area (Å²) in [6, 6.07) is 15.9. The van der Waals surface area contributed by atoms with Crippen LogP contribution in [0.3, 0.4) is 0 Å². The first-order chi connectivity index (χ1) is 16.5. The van der Waals surface area contributed by atoms with Gasteiger partial charge in [0.15, 0.2) is 0 Å². The lowest BCUT2D eigenvalue weighted by molar-refractivity contribution is 0.00658. The molecule has 0 saturated heterocycles. The van der Waals surface area contributed by atoms with Crippen LogP contribution in [-0.4, -0.2) is 45.7 Å². The normalized spacial score (nSPS) is 21.7. The van der Waals surface area contributed by atoms with Gasteiger partial charge in [0, 0.05) is 31.1 Å². The highest BCUT2D eigenvalue weighted by Crippen LogP contribution is 2.41. The van der Waals surface area contributed by atoms with E-state index in [9.17, 15) is 9.90 Å². The van der Waals surface area contributed by atoms with Crippen molar-refractivity contribution in [1.29, 1.82) is 0 Å². The van der Waals surface area contributed by atoms with E-state index in [1.807, 2.05) is 55.0 Å². The van der Waals surface area contributed by atoms with E-state index in [1.54, 1.807) is 19.0 Å². The highest BCUT2D eigenvalue weighted by Gasteiger charge is 2.30. The second-order valence-electron chi connectivity index (χ2n) is 9.45. The number of rotatable bonds is 6. The molecule has 1 aromatic heterocycles. The number of fused-ring (bicyclic) bond motifs is 3. The van der Waals surface area contributed by atoms with Crippen LogP contribution in [0.4, 0.5) is 0 Å². The van der Waals surface area contributed by atoms with Gasteiger partial charge < -0.3 is 19.3 Å². The molecule has 176 valence electrons. The molecule has 5 rings (SSSR count). The van der Waals surface area contributed by atoms with Crippen molar-refractivity contribution in [3.63, 3.8) is 0 Å². The molecule has 2 heterocycles. The molecule has 1 aliphatic carbocycles. The van der Waals surface area contributed by atoms with E-state index in [4.69, 9.17) is 4.74 Å². The molecule has 34 heavy (non-hydrogen) atoms. The van der Waals surface area contributed by atoms with Crippen molar-refractivity contribution >= 4 is 5.91 Å². The number of aliphatic hydroxyl groups is 1. The van der Waals surface area contributed by atoms with Gasteiger partial charge in [-0.3, -0.25) is 4.79 Å². The number of hydrogen-bond acceptors (Lipinski definition) is 4. The molecule has 2 aliphatic rings. The number of carbonyl (C=O) groups is 1. The standard InChI is InChI=1S/C28H31N3O3/c1-30(2)28(33)22-8-4-3-7-20(22)17-34-21-13-11-19(12-14-21)27(32)15-25-23-9-5-6-10-24(23)26-16-29-18-31(25)26/h3-10,15-16,18-19,21,25,32H,11-14,17H2,1-2H3/b27-15-. The summed E-state index contributed by atoms with van der Waals surface area (Å²) in [4.78, 5) is 18.3. The van der Waals surface area contributed by atoms with Crippen LogP contribution in [0.1, 0.15) is 53.2 Å². The summed E-state index contributed by atoms with van der Waals surface area (Å²) < 4.78 is 8.33. The quantitative estimate of drug-likeness (QED) is 0.505. The van der Waals surface area contributed by atoms with Crippen molar-refractivity contribution in [1.82, 2.24) is 14.5 Å². The van der Waals surface area contributed by atoms with Gasteiger partial charge in [-0.2, -0.15) is 0 Å². The molecule has 3 aromatic rings. The summed E-state index contributed by atoms with van der Waals surface area (Å²) >= 11 is 0.